The third-order valence-electron chi connectivity index (χ3n) is 6.36. The van der Waals surface area contributed by atoms with Gasteiger partial charge in [-0.3, -0.25) is 4.79 Å². The highest BCUT2D eigenvalue weighted by atomic mass is 16.5. The minimum absolute atomic E-state index is 0.00295. The largest absolute Gasteiger partial charge is 0.497 e. The first kappa shape index (κ1) is 22.3. The second kappa shape index (κ2) is 9.43. The Morgan fingerprint density at radius 1 is 0.743 bits per heavy atom. The van der Waals surface area contributed by atoms with Crippen molar-refractivity contribution in [2.45, 2.75) is 12.0 Å². The molecule has 6 heteroatoms. The van der Waals surface area contributed by atoms with Crippen molar-refractivity contribution >= 4 is 16.8 Å². The van der Waals surface area contributed by atoms with Crippen molar-refractivity contribution in [1.29, 1.82) is 0 Å². The Kier molecular flexibility index (Phi) is 6.02. The van der Waals surface area contributed by atoms with Crippen LogP contribution in [-0.2, 0) is 5.54 Å². The molecule has 35 heavy (non-hydrogen) atoms. The van der Waals surface area contributed by atoms with E-state index in [-0.39, 0.29) is 12.2 Å². The number of benzene rings is 4. The molecule has 5 aromatic rings. The van der Waals surface area contributed by atoms with Gasteiger partial charge in [-0.15, -0.1) is 5.10 Å². The fourth-order valence-electron chi connectivity index (χ4n) is 4.53. The van der Waals surface area contributed by atoms with Gasteiger partial charge in [-0.05, 0) is 47.5 Å². The Balaban J connectivity index is 1.80. The molecule has 0 unspecified atom stereocenters. The summed E-state index contributed by atoms with van der Waals surface area (Å²) in [6.07, 6.45) is 0.142. The van der Waals surface area contributed by atoms with Gasteiger partial charge >= 0.3 is 0 Å². The Hall–Kier alpha value is -4.45. The van der Waals surface area contributed by atoms with Crippen LogP contribution in [0.25, 0.3) is 11.0 Å². The van der Waals surface area contributed by atoms with Crippen molar-refractivity contribution in [3.8, 4) is 11.5 Å². The number of fused-ring (bicyclic) bond motifs is 1. The zero-order valence-corrected chi connectivity index (χ0v) is 19.6. The van der Waals surface area contributed by atoms with Crippen LogP contribution in [0.15, 0.2) is 103 Å². The molecule has 4 aromatic carbocycles. The molecule has 0 saturated heterocycles. The van der Waals surface area contributed by atoms with Crippen LogP contribution in [0.2, 0.25) is 0 Å². The number of ether oxygens (including phenoxy) is 2. The number of carbonyl (C=O) groups excluding carboxylic acids is 1. The molecule has 6 nitrogen and oxygen atoms in total. The highest BCUT2D eigenvalue weighted by molar-refractivity contribution is 5.97. The monoisotopic (exact) mass is 463 g/mol. The predicted octanol–water partition coefficient (Wildman–Crippen LogP) is 5.51. The second-order valence-electron chi connectivity index (χ2n) is 8.27. The van der Waals surface area contributed by atoms with E-state index >= 15 is 0 Å². The molecule has 0 spiro atoms. The van der Waals surface area contributed by atoms with Crippen molar-refractivity contribution in [3.05, 3.63) is 120 Å². The van der Waals surface area contributed by atoms with Gasteiger partial charge in [-0.25, -0.2) is 4.68 Å². The number of carbonyl (C=O) groups is 1. The molecule has 0 aliphatic carbocycles. The van der Waals surface area contributed by atoms with Crippen LogP contribution in [0.4, 0.5) is 0 Å². The Morgan fingerprint density at radius 2 is 1.29 bits per heavy atom. The molecule has 1 heterocycles. The predicted molar refractivity (Wildman–Crippen MR) is 135 cm³/mol. The molecule has 0 fully saturated rings. The molecular weight excluding hydrogens is 438 g/mol. The van der Waals surface area contributed by atoms with Crippen LogP contribution in [-0.4, -0.2) is 35.0 Å². The van der Waals surface area contributed by atoms with Crippen LogP contribution in [0.5, 0.6) is 11.5 Å². The standard InChI is InChI=1S/C29H25N3O3/c1-34-24-16-12-22(13-17-24)29(23-14-18-25(35-2)19-15-23,20-28(33)21-8-4-3-5-9-21)32-27-11-7-6-10-26(27)30-31-32/h3-19H,20H2,1-2H3. The van der Waals surface area contributed by atoms with Gasteiger partial charge in [-0.2, -0.15) is 0 Å². The Morgan fingerprint density at radius 3 is 1.86 bits per heavy atom. The van der Waals surface area contributed by atoms with E-state index in [1.807, 2.05) is 108 Å². The lowest BCUT2D eigenvalue weighted by Gasteiger charge is -2.35. The first-order chi connectivity index (χ1) is 17.2. The van der Waals surface area contributed by atoms with Gasteiger partial charge in [0.25, 0.3) is 0 Å². The summed E-state index contributed by atoms with van der Waals surface area (Å²) in [5, 5.41) is 9.04. The summed E-state index contributed by atoms with van der Waals surface area (Å²) in [5.41, 5.74) is 3.04. The zero-order valence-electron chi connectivity index (χ0n) is 19.6. The van der Waals surface area contributed by atoms with E-state index in [4.69, 9.17) is 9.47 Å². The number of hydrogen-bond donors (Lipinski definition) is 0. The molecular formula is C29H25N3O3. The molecule has 1 aromatic heterocycles. The molecule has 5 rings (SSSR count). The van der Waals surface area contributed by atoms with Crippen molar-refractivity contribution in [3.63, 3.8) is 0 Å². The lowest BCUT2D eigenvalue weighted by atomic mass is 9.77. The first-order valence-corrected chi connectivity index (χ1v) is 11.3. The van der Waals surface area contributed by atoms with Crippen molar-refractivity contribution < 1.29 is 14.3 Å². The normalized spacial score (nSPS) is 11.4. The van der Waals surface area contributed by atoms with Crippen LogP contribution in [0, 0.1) is 0 Å². The SMILES string of the molecule is COc1ccc(C(CC(=O)c2ccccc2)(c2ccc(OC)cc2)n2nnc3ccccc32)cc1. The summed E-state index contributed by atoms with van der Waals surface area (Å²) < 4.78 is 12.7. The molecule has 0 bridgehead atoms. The summed E-state index contributed by atoms with van der Waals surface area (Å²) in [5.74, 6) is 1.46. The molecule has 0 atom stereocenters. The lowest BCUT2D eigenvalue weighted by Crippen LogP contribution is -2.39. The second-order valence-corrected chi connectivity index (χ2v) is 8.27. The van der Waals surface area contributed by atoms with Gasteiger partial charge in [0.2, 0.25) is 0 Å². The van der Waals surface area contributed by atoms with Gasteiger partial charge in [0.1, 0.15) is 22.6 Å². The molecule has 0 amide bonds. The van der Waals surface area contributed by atoms with Gasteiger partial charge in [0.15, 0.2) is 5.78 Å². The minimum Gasteiger partial charge on any atom is -0.497 e. The highest BCUT2D eigenvalue weighted by Crippen LogP contribution is 2.41. The third kappa shape index (κ3) is 4.04. The van der Waals surface area contributed by atoms with E-state index in [1.165, 1.54) is 0 Å². The van der Waals surface area contributed by atoms with Crippen LogP contribution in [0.1, 0.15) is 27.9 Å². The maximum absolute atomic E-state index is 13.8. The van der Waals surface area contributed by atoms with Gasteiger partial charge < -0.3 is 9.47 Å². The topological polar surface area (TPSA) is 66.2 Å². The summed E-state index contributed by atoms with van der Waals surface area (Å²) in [6.45, 7) is 0. The van der Waals surface area contributed by atoms with Crippen LogP contribution in [0.3, 0.4) is 0 Å². The Labute approximate surface area is 203 Å². The summed E-state index contributed by atoms with van der Waals surface area (Å²) in [7, 11) is 3.27. The summed E-state index contributed by atoms with van der Waals surface area (Å²) >= 11 is 0. The molecule has 0 radical (unpaired) electrons. The third-order valence-corrected chi connectivity index (χ3v) is 6.36. The van der Waals surface area contributed by atoms with Gasteiger partial charge in [0, 0.05) is 12.0 Å². The van der Waals surface area contributed by atoms with Crippen molar-refractivity contribution in [1.82, 2.24) is 15.0 Å². The van der Waals surface area contributed by atoms with E-state index in [0.717, 1.165) is 33.7 Å². The average molecular weight is 464 g/mol. The number of hydrogen-bond acceptors (Lipinski definition) is 5. The fraction of sp³-hybridized carbons (Fsp3) is 0.138. The number of rotatable bonds is 8. The smallest absolute Gasteiger partial charge is 0.166 e. The van der Waals surface area contributed by atoms with E-state index in [9.17, 15) is 4.79 Å². The maximum atomic E-state index is 13.8. The minimum atomic E-state index is -0.971. The molecule has 0 aliphatic rings. The summed E-state index contributed by atoms with van der Waals surface area (Å²) in [4.78, 5) is 13.8. The van der Waals surface area contributed by atoms with Crippen molar-refractivity contribution in [2.24, 2.45) is 0 Å². The molecule has 0 aliphatic heterocycles. The van der Waals surface area contributed by atoms with Crippen LogP contribution < -0.4 is 9.47 Å². The maximum Gasteiger partial charge on any atom is 0.166 e. The number of para-hydroxylation sites is 1. The number of aromatic nitrogens is 3. The lowest BCUT2D eigenvalue weighted by molar-refractivity contribution is 0.0947. The first-order valence-electron chi connectivity index (χ1n) is 11.3. The van der Waals surface area contributed by atoms with Gasteiger partial charge in [-0.1, -0.05) is 71.9 Å². The Bertz CT molecular complexity index is 1400. The zero-order chi connectivity index (χ0) is 24.3. The van der Waals surface area contributed by atoms with E-state index in [1.54, 1.807) is 14.2 Å². The summed E-state index contributed by atoms with van der Waals surface area (Å²) in [6, 6.07) is 32.7. The van der Waals surface area contributed by atoms with E-state index in [2.05, 4.69) is 10.3 Å². The molecule has 0 N–H and O–H groups in total. The van der Waals surface area contributed by atoms with Crippen LogP contribution >= 0.6 is 0 Å². The van der Waals surface area contributed by atoms with Crippen molar-refractivity contribution in [2.75, 3.05) is 14.2 Å². The molecule has 0 saturated carbocycles. The van der Waals surface area contributed by atoms with E-state index in [0.29, 0.717) is 5.56 Å². The van der Waals surface area contributed by atoms with Gasteiger partial charge in [0.05, 0.1) is 19.7 Å². The highest BCUT2D eigenvalue weighted by Gasteiger charge is 2.41. The number of ketones is 1. The van der Waals surface area contributed by atoms with E-state index < -0.39 is 5.54 Å². The molecule has 174 valence electrons. The number of nitrogens with zero attached hydrogens (tertiary/aromatic N) is 3. The average Bonchev–Trinajstić information content (AvgIpc) is 3.37. The fourth-order valence-corrected chi connectivity index (χ4v) is 4.53. The number of Topliss-reactive ketones (excluding diaryl/α,β-unsaturated/α-hetero) is 1. The number of methoxy groups -OCH3 is 2. The quantitative estimate of drug-likeness (QED) is 0.284.